The molecule has 18 heavy (non-hydrogen) atoms. The number of nitrogens with zero attached hydrogens (tertiary/aromatic N) is 1. The Morgan fingerprint density at radius 2 is 2.22 bits per heavy atom. The molecule has 5 heteroatoms. The molecule has 0 aliphatic carbocycles. The zero-order chi connectivity index (χ0) is 13.3. The molecular weight excluding hydrogens is 363 g/mol. The van der Waals surface area contributed by atoms with Crippen LogP contribution in [0.1, 0.15) is 24.2 Å². The smallest absolute Gasteiger partial charge is 0.254 e. The molecule has 1 aromatic rings. The van der Waals surface area contributed by atoms with Gasteiger partial charge in [-0.3, -0.25) is 4.79 Å². The molecule has 1 N–H and O–H groups in total. The number of carbonyl (C=O) groups excluding carboxylic acids is 1. The Morgan fingerprint density at radius 3 is 2.89 bits per heavy atom. The lowest BCUT2D eigenvalue weighted by atomic mass is 10.1. The highest BCUT2D eigenvalue weighted by Gasteiger charge is 2.27. The van der Waals surface area contributed by atoms with E-state index in [2.05, 4.69) is 41.8 Å². The molecule has 0 spiro atoms. The van der Waals surface area contributed by atoms with Crippen molar-refractivity contribution in [3.8, 4) is 0 Å². The van der Waals surface area contributed by atoms with Crippen LogP contribution in [0.3, 0.4) is 0 Å². The molecule has 0 radical (unpaired) electrons. The average Bonchev–Trinajstić information content (AvgIpc) is 2.35. The normalized spacial score (nSPS) is 24.1. The van der Waals surface area contributed by atoms with Crippen molar-refractivity contribution in [3.05, 3.63) is 32.4 Å². The lowest BCUT2D eigenvalue weighted by molar-refractivity contribution is 0.0616. The van der Waals surface area contributed by atoms with Crippen LogP contribution in [0.25, 0.3) is 0 Å². The zero-order valence-corrected chi connectivity index (χ0v) is 13.3. The van der Waals surface area contributed by atoms with Crippen molar-refractivity contribution in [1.82, 2.24) is 10.2 Å². The third-order valence-electron chi connectivity index (χ3n) is 3.19. The van der Waals surface area contributed by atoms with Gasteiger partial charge >= 0.3 is 0 Å². The number of hydrogen-bond acceptors (Lipinski definition) is 2. The minimum atomic E-state index is 0.0640. The second-order valence-corrected chi connectivity index (χ2v) is 6.31. The van der Waals surface area contributed by atoms with Gasteiger partial charge in [0.25, 0.3) is 5.91 Å². The lowest BCUT2D eigenvalue weighted by Gasteiger charge is -2.37. The predicted octanol–water partition coefficient (Wildman–Crippen LogP) is 2.77. The number of rotatable bonds is 1. The van der Waals surface area contributed by atoms with E-state index < -0.39 is 0 Å². The Bertz CT molecular complexity index is 466. The van der Waals surface area contributed by atoms with Crippen molar-refractivity contribution in [2.24, 2.45) is 0 Å². The largest absolute Gasteiger partial charge is 0.333 e. The molecule has 98 valence electrons. The first-order chi connectivity index (χ1) is 8.49. The number of nitrogens with one attached hydrogen (secondary N) is 1. The summed E-state index contributed by atoms with van der Waals surface area (Å²) >= 11 is 8.23. The summed E-state index contributed by atoms with van der Waals surface area (Å²) in [5, 5.41) is 4.00. The van der Waals surface area contributed by atoms with Crippen LogP contribution in [0, 0.1) is 3.57 Å². The highest BCUT2D eigenvalue weighted by molar-refractivity contribution is 14.1. The summed E-state index contributed by atoms with van der Waals surface area (Å²) in [5.74, 6) is 0.0640. The maximum absolute atomic E-state index is 12.5. The Balaban J connectivity index is 2.21. The van der Waals surface area contributed by atoms with Gasteiger partial charge in [-0.1, -0.05) is 11.6 Å². The molecule has 1 amide bonds. The van der Waals surface area contributed by atoms with Gasteiger partial charge in [0.15, 0.2) is 0 Å². The second-order valence-electron chi connectivity index (χ2n) is 4.74. The van der Waals surface area contributed by atoms with E-state index in [0.29, 0.717) is 16.6 Å². The number of piperazine rings is 1. The molecule has 0 aromatic heterocycles. The summed E-state index contributed by atoms with van der Waals surface area (Å²) in [6, 6.07) is 6.03. The molecule has 2 atom stereocenters. The molecular formula is C13H16ClIN2O. The number of amides is 1. The van der Waals surface area contributed by atoms with E-state index in [1.54, 1.807) is 6.07 Å². The monoisotopic (exact) mass is 378 g/mol. The van der Waals surface area contributed by atoms with Crippen LogP contribution >= 0.6 is 34.2 Å². The molecule has 3 nitrogen and oxygen atoms in total. The maximum Gasteiger partial charge on any atom is 0.254 e. The van der Waals surface area contributed by atoms with E-state index in [4.69, 9.17) is 11.6 Å². The lowest BCUT2D eigenvalue weighted by Crippen LogP contribution is -2.56. The predicted molar refractivity (Wildman–Crippen MR) is 82.1 cm³/mol. The van der Waals surface area contributed by atoms with Gasteiger partial charge in [0.2, 0.25) is 0 Å². The van der Waals surface area contributed by atoms with Crippen molar-refractivity contribution in [2.75, 3.05) is 13.1 Å². The van der Waals surface area contributed by atoms with Crippen molar-refractivity contribution < 1.29 is 4.79 Å². The van der Waals surface area contributed by atoms with Crippen LogP contribution in [0.15, 0.2) is 18.2 Å². The summed E-state index contributed by atoms with van der Waals surface area (Å²) in [6.45, 7) is 5.73. The maximum atomic E-state index is 12.5. The summed E-state index contributed by atoms with van der Waals surface area (Å²) in [5.41, 5.74) is 0.668. The van der Waals surface area contributed by atoms with Crippen molar-refractivity contribution >= 4 is 40.1 Å². The van der Waals surface area contributed by atoms with E-state index in [1.165, 1.54) is 0 Å². The van der Waals surface area contributed by atoms with Crippen LogP contribution in [-0.4, -0.2) is 36.0 Å². The van der Waals surface area contributed by atoms with E-state index in [9.17, 15) is 4.79 Å². The van der Waals surface area contributed by atoms with Gasteiger partial charge in [-0.25, -0.2) is 0 Å². The van der Waals surface area contributed by atoms with E-state index in [1.807, 2.05) is 17.0 Å². The molecule has 1 aliphatic rings. The number of carbonyl (C=O) groups is 1. The molecule has 2 rings (SSSR count). The fourth-order valence-electron chi connectivity index (χ4n) is 2.10. The highest BCUT2D eigenvalue weighted by Crippen LogP contribution is 2.21. The average molecular weight is 379 g/mol. The second kappa shape index (κ2) is 5.75. The summed E-state index contributed by atoms with van der Waals surface area (Å²) in [4.78, 5) is 14.4. The first-order valence-electron chi connectivity index (χ1n) is 5.98. The Kier molecular flexibility index (Phi) is 4.50. The van der Waals surface area contributed by atoms with Gasteiger partial charge in [-0.05, 0) is 54.6 Å². The van der Waals surface area contributed by atoms with E-state index in [0.717, 1.165) is 16.7 Å². The minimum Gasteiger partial charge on any atom is -0.333 e. The van der Waals surface area contributed by atoms with Gasteiger partial charge in [0.1, 0.15) is 0 Å². The molecule has 2 unspecified atom stereocenters. The summed E-state index contributed by atoms with van der Waals surface area (Å²) in [6.07, 6.45) is 0. The minimum absolute atomic E-state index is 0.0640. The molecule has 1 fully saturated rings. The number of hydrogen-bond donors (Lipinski definition) is 1. The van der Waals surface area contributed by atoms with Crippen LogP contribution in [0.5, 0.6) is 0 Å². The number of halogens is 2. The van der Waals surface area contributed by atoms with Gasteiger partial charge in [0.05, 0.1) is 5.02 Å². The highest BCUT2D eigenvalue weighted by atomic mass is 127. The topological polar surface area (TPSA) is 32.3 Å². The van der Waals surface area contributed by atoms with Crippen LogP contribution in [0.4, 0.5) is 0 Å². The zero-order valence-electron chi connectivity index (χ0n) is 10.4. The van der Waals surface area contributed by atoms with Gasteiger partial charge in [0, 0.05) is 34.3 Å². The quantitative estimate of drug-likeness (QED) is 0.762. The van der Waals surface area contributed by atoms with Gasteiger partial charge in [-0.2, -0.15) is 0 Å². The number of benzene rings is 1. The first-order valence-corrected chi connectivity index (χ1v) is 7.44. The van der Waals surface area contributed by atoms with Crippen molar-refractivity contribution in [3.63, 3.8) is 0 Å². The molecule has 0 bridgehead atoms. The van der Waals surface area contributed by atoms with Crippen molar-refractivity contribution in [2.45, 2.75) is 25.9 Å². The molecule has 0 saturated carbocycles. The standard InChI is InChI=1S/C13H16ClIN2O/c1-8-7-17(9(2)6-16-8)13(18)10-3-4-12(15)11(14)5-10/h3-5,8-9,16H,6-7H2,1-2H3. The third-order valence-corrected chi connectivity index (χ3v) is 4.76. The van der Waals surface area contributed by atoms with Crippen LogP contribution < -0.4 is 5.32 Å². The Morgan fingerprint density at radius 1 is 1.50 bits per heavy atom. The fourth-order valence-corrected chi connectivity index (χ4v) is 2.62. The third kappa shape index (κ3) is 2.97. The Labute approximate surface area is 126 Å². The van der Waals surface area contributed by atoms with Gasteiger partial charge < -0.3 is 10.2 Å². The van der Waals surface area contributed by atoms with Crippen LogP contribution in [0.2, 0.25) is 5.02 Å². The summed E-state index contributed by atoms with van der Waals surface area (Å²) < 4.78 is 0.965. The SMILES string of the molecule is CC1CN(C(=O)c2ccc(I)c(Cl)c2)C(C)CN1. The van der Waals surface area contributed by atoms with Crippen molar-refractivity contribution in [1.29, 1.82) is 0 Å². The molecule has 1 saturated heterocycles. The first kappa shape index (κ1) is 14.1. The molecule has 1 heterocycles. The van der Waals surface area contributed by atoms with Gasteiger partial charge in [-0.15, -0.1) is 0 Å². The van der Waals surface area contributed by atoms with Crippen LogP contribution in [-0.2, 0) is 0 Å². The molecule has 1 aliphatic heterocycles. The Hall–Kier alpha value is -0.330. The van der Waals surface area contributed by atoms with E-state index >= 15 is 0 Å². The fraction of sp³-hybridized carbons (Fsp3) is 0.462. The van der Waals surface area contributed by atoms with E-state index in [-0.39, 0.29) is 11.9 Å². The summed E-state index contributed by atoms with van der Waals surface area (Å²) in [7, 11) is 0. The molecule has 1 aromatic carbocycles.